The summed E-state index contributed by atoms with van der Waals surface area (Å²) in [7, 11) is 0. The summed E-state index contributed by atoms with van der Waals surface area (Å²) in [5.41, 5.74) is 0.741. The van der Waals surface area contributed by atoms with Gasteiger partial charge in [0.2, 0.25) is 0 Å². The Labute approximate surface area is 163 Å². The zero-order valence-corrected chi connectivity index (χ0v) is 16.1. The lowest BCUT2D eigenvalue weighted by atomic mass is 10.00. The monoisotopic (exact) mass is 383 g/mol. The Morgan fingerprint density at radius 1 is 1.21 bits per heavy atom. The van der Waals surface area contributed by atoms with E-state index in [2.05, 4.69) is 11.9 Å². The summed E-state index contributed by atoms with van der Waals surface area (Å²) in [6.07, 6.45) is 5.72. The fraction of sp³-hybridized carbons (Fsp3) is 0.524. The molecule has 0 radical (unpaired) electrons. The van der Waals surface area contributed by atoms with Gasteiger partial charge < -0.3 is 9.64 Å². The van der Waals surface area contributed by atoms with Gasteiger partial charge in [0.15, 0.2) is 6.61 Å². The van der Waals surface area contributed by atoms with Gasteiger partial charge in [0.1, 0.15) is 5.82 Å². The molecule has 1 amide bonds. The first-order chi connectivity index (χ1) is 13.6. The van der Waals surface area contributed by atoms with Crippen LogP contribution in [0.15, 0.2) is 23.0 Å². The van der Waals surface area contributed by atoms with Crippen LogP contribution in [0.25, 0.3) is 10.9 Å². The molecule has 1 saturated heterocycles. The Bertz CT molecular complexity index is 982. The lowest BCUT2D eigenvalue weighted by Gasteiger charge is -2.35. The van der Waals surface area contributed by atoms with Gasteiger partial charge in [-0.05, 0) is 50.3 Å². The van der Waals surface area contributed by atoms with Gasteiger partial charge in [0, 0.05) is 25.6 Å². The highest BCUT2D eigenvalue weighted by atomic mass is 16.5. The van der Waals surface area contributed by atoms with E-state index in [0.29, 0.717) is 23.0 Å². The van der Waals surface area contributed by atoms with E-state index in [0.717, 1.165) is 50.9 Å². The molecule has 1 atom stereocenters. The number of aromatic nitrogens is 2. The highest BCUT2D eigenvalue weighted by molar-refractivity contribution is 5.95. The molecule has 2 aliphatic rings. The van der Waals surface area contributed by atoms with Crippen LogP contribution < -0.4 is 5.56 Å². The van der Waals surface area contributed by atoms with E-state index in [1.807, 2.05) is 4.90 Å². The third-order valence-electron chi connectivity index (χ3n) is 5.80. The molecule has 0 spiro atoms. The molecule has 3 heterocycles. The molecule has 1 fully saturated rings. The Morgan fingerprint density at radius 2 is 2.07 bits per heavy atom. The molecule has 4 rings (SSSR count). The van der Waals surface area contributed by atoms with Crippen LogP contribution in [0.3, 0.4) is 0 Å². The molecule has 1 unspecified atom stereocenters. The minimum atomic E-state index is -0.567. The van der Waals surface area contributed by atoms with Crippen LogP contribution in [0, 0.1) is 0 Å². The number of amides is 1. The SMILES string of the molecule is CCC1CCCCN1C(=O)COC(=O)c1ccc2c(=O)n3c(nc2c1)CCC3. The molecule has 28 heavy (non-hydrogen) atoms. The zero-order chi connectivity index (χ0) is 19.7. The van der Waals surface area contributed by atoms with E-state index >= 15 is 0 Å². The number of rotatable bonds is 4. The van der Waals surface area contributed by atoms with E-state index in [9.17, 15) is 14.4 Å². The normalized spacial score (nSPS) is 18.9. The third kappa shape index (κ3) is 3.41. The van der Waals surface area contributed by atoms with Crippen molar-refractivity contribution in [2.24, 2.45) is 0 Å². The Hall–Kier alpha value is -2.70. The fourth-order valence-corrected chi connectivity index (χ4v) is 4.26. The Kier molecular flexibility index (Phi) is 5.15. The van der Waals surface area contributed by atoms with Crippen molar-refractivity contribution >= 4 is 22.8 Å². The summed E-state index contributed by atoms with van der Waals surface area (Å²) in [5, 5.41) is 0.498. The topological polar surface area (TPSA) is 81.5 Å². The van der Waals surface area contributed by atoms with E-state index in [4.69, 9.17) is 4.74 Å². The van der Waals surface area contributed by atoms with Gasteiger partial charge in [0.05, 0.1) is 16.5 Å². The van der Waals surface area contributed by atoms with Gasteiger partial charge in [-0.15, -0.1) is 0 Å². The molecule has 2 aliphatic heterocycles. The van der Waals surface area contributed by atoms with Gasteiger partial charge in [-0.3, -0.25) is 14.2 Å². The smallest absolute Gasteiger partial charge is 0.338 e. The number of hydrogen-bond acceptors (Lipinski definition) is 5. The summed E-state index contributed by atoms with van der Waals surface area (Å²) in [5.74, 6) is 0.0477. The molecule has 0 N–H and O–H groups in total. The maximum atomic E-state index is 12.5. The standard InChI is InChI=1S/C21H25N3O4/c1-2-15-6-3-4-10-23(15)19(25)13-28-21(27)14-8-9-16-17(12-14)22-18-7-5-11-24(18)20(16)26/h8-9,12,15H,2-7,10-11,13H2,1H3. The first kappa shape index (κ1) is 18.7. The van der Waals surface area contributed by atoms with Crippen molar-refractivity contribution in [3.05, 3.63) is 39.9 Å². The van der Waals surface area contributed by atoms with Gasteiger partial charge in [0.25, 0.3) is 11.5 Å². The summed E-state index contributed by atoms with van der Waals surface area (Å²) < 4.78 is 6.96. The molecule has 7 nitrogen and oxygen atoms in total. The van der Waals surface area contributed by atoms with Crippen LogP contribution in [0.5, 0.6) is 0 Å². The van der Waals surface area contributed by atoms with E-state index in [1.54, 1.807) is 22.8 Å². The van der Waals surface area contributed by atoms with Crippen molar-refractivity contribution in [1.29, 1.82) is 0 Å². The average molecular weight is 383 g/mol. The molecular formula is C21H25N3O4. The maximum Gasteiger partial charge on any atom is 0.338 e. The van der Waals surface area contributed by atoms with Crippen LogP contribution in [-0.2, 0) is 22.5 Å². The average Bonchev–Trinajstić information content (AvgIpc) is 3.20. The van der Waals surface area contributed by atoms with Gasteiger partial charge in [-0.25, -0.2) is 9.78 Å². The van der Waals surface area contributed by atoms with Gasteiger partial charge >= 0.3 is 5.97 Å². The van der Waals surface area contributed by atoms with E-state index in [1.165, 1.54) is 0 Å². The summed E-state index contributed by atoms with van der Waals surface area (Å²) in [6.45, 7) is 3.24. The predicted octanol–water partition coefficient (Wildman–Crippen LogP) is 2.29. The Balaban J connectivity index is 1.47. The predicted molar refractivity (Wildman–Crippen MR) is 104 cm³/mol. The summed E-state index contributed by atoms with van der Waals surface area (Å²) >= 11 is 0. The molecule has 1 aromatic heterocycles. The zero-order valence-electron chi connectivity index (χ0n) is 16.1. The highest BCUT2D eigenvalue weighted by Crippen LogP contribution is 2.20. The minimum Gasteiger partial charge on any atom is -0.452 e. The molecule has 0 bridgehead atoms. The van der Waals surface area contributed by atoms with E-state index < -0.39 is 5.97 Å². The van der Waals surface area contributed by atoms with Crippen LogP contribution in [0.2, 0.25) is 0 Å². The number of hydrogen-bond donors (Lipinski definition) is 0. The second-order valence-electron chi connectivity index (χ2n) is 7.54. The minimum absolute atomic E-state index is 0.0664. The van der Waals surface area contributed by atoms with Gasteiger partial charge in [-0.2, -0.15) is 0 Å². The molecular weight excluding hydrogens is 358 g/mol. The maximum absolute atomic E-state index is 12.5. The summed E-state index contributed by atoms with van der Waals surface area (Å²) in [4.78, 5) is 43.8. The van der Waals surface area contributed by atoms with Crippen molar-refractivity contribution < 1.29 is 14.3 Å². The quantitative estimate of drug-likeness (QED) is 0.757. The van der Waals surface area contributed by atoms with Gasteiger partial charge in [-0.1, -0.05) is 6.92 Å². The van der Waals surface area contributed by atoms with Crippen LogP contribution in [0.1, 0.15) is 55.2 Å². The lowest BCUT2D eigenvalue weighted by molar-refractivity contribution is -0.138. The number of fused-ring (bicyclic) bond motifs is 2. The molecule has 7 heteroatoms. The highest BCUT2D eigenvalue weighted by Gasteiger charge is 2.26. The number of carbonyl (C=O) groups excluding carboxylic acids is 2. The summed E-state index contributed by atoms with van der Waals surface area (Å²) in [6, 6.07) is 5.00. The number of benzene rings is 1. The number of piperidine rings is 1. The largest absolute Gasteiger partial charge is 0.452 e. The number of carbonyl (C=O) groups is 2. The van der Waals surface area contributed by atoms with Crippen LogP contribution >= 0.6 is 0 Å². The number of esters is 1. The second-order valence-corrected chi connectivity index (χ2v) is 7.54. The van der Waals surface area contributed by atoms with Crippen molar-refractivity contribution in [2.75, 3.05) is 13.2 Å². The molecule has 0 aliphatic carbocycles. The van der Waals surface area contributed by atoms with Crippen LogP contribution in [-0.4, -0.2) is 45.5 Å². The number of likely N-dealkylation sites (tertiary alicyclic amines) is 1. The number of ether oxygens (including phenoxy) is 1. The van der Waals surface area contributed by atoms with E-state index in [-0.39, 0.29) is 24.1 Å². The fourth-order valence-electron chi connectivity index (χ4n) is 4.26. The lowest BCUT2D eigenvalue weighted by Crippen LogP contribution is -2.45. The third-order valence-corrected chi connectivity index (χ3v) is 5.80. The number of aryl methyl sites for hydroxylation is 1. The number of nitrogens with zero attached hydrogens (tertiary/aromatic N) is 3. The first-order valence-corrected chi connectivity index (χ1v) is 10.1. The van der Waals surface area contributed by atoms with Crippen molar-refractivity contribution in [3.8, 4) is 0 Å². The second kappa shape index (κ2) is 7.73. The van der Waals surface area contributed by atoms with Crippen molar-refractivity contribution in [3.63, 3.8) is 0 Å². The molecule has 1 aromatic carbocycles. The van der Waals surface area contributed by atoms with Crippen LogP contribution in [0.4, 0.5) is 0 Å². The molecule has 0 saturated carbocycles. The first-order valence-electron chi connectivity index (χ1n) is 10.1. The van der Waals surface area contributed by atoms with Crippen molar-refractivity contribution in [2.45, 2.75) is 58.0 Å². The Morgan fingerprint density at radius 3 is 2.89 bits per heavy atom. The van der Waals surface area contributed by atoms with Crippen molar-refractivity contribution in [1.82, 2.24) is 14.5 Å². The molecule has 148 valence electrons. The molecule has 2 aromatic rings.